The molecule has 0 radical (unpaired) electrons. The summed E-state index contributed by atoms with van der Waals surface area (Å²) in [5, 5.41) is 9.82. The molecule has 0 spiro atoms. The number of ether oxygens (including phenoxy) is 1. The Kier molecular flexibility index (Phi) is 3.60. The zero-order chi connectivity index (χ0) is 18.4. The van der Waals surface area contributed by atoms with Crippen molar-refractivity contribution in [2.45, 2.75) is 19.5 Å². The van der Waals surface area contributed by atoms with Crippen molar-refractivity contribution in [3.05, 3.63) is 67.5 Å². The SMILES string of the molecule is Cc1[nH]nc2c1[C@@H](c1ccccc1OC(F)F)c1c([nH]c(=O)[nH]c1=O)N2. The van der Waals surface area contributed by atoms with Crippen LogP contribution in [0.5, 0.6) is 5.75 Å². The van der Waals surface area contributed by atoms with Crippen LogP contribution in [0.1, 0.15) is 28.3 Å². The van der Waals surface area contributed by atoms with Gasteiger partial charge in [0.2, 0.25) is 0 Å². The Hall–Kier alpha value is -3.43. The van der Waals surface area contributed by atoms with E-state index in [1.807, 2.05) is 0 Å². The summed E-state index contributed by atoms with van der Waals surface area (Å²) in [7, 11) is 0. The average molecular weight is 361 g/mol. The maximum atomic E-state index is 12.8. The number of nitrogens with one attached hydrogen (secondary N) is 4. The van der Waals surface area contributed by atoms with Gasteiger partial charge in [-0.3, -0.25) is 19.9 Å². The number of benzene rings is 1. The predicted molar refractivity (Wildman–Crippen MR) is 88.3 cm³/mol. The first-order valence-corrected chi connectivity index (χ1v) is 7.68. The number of anilines is 2. The highest BCUT2D eigenvalue weighted by molar-refractivity contribution is 5.72. The fourth-order valence-corrected chi connectivity index (χ4v) is 3.25. The summed E-state index contributed by atoms with van der Waals surface area (Å²) >= 11 is 0. The highest BCUT2D eigenvalue weighted by Gasteiger charge is 2.35. The number of aryl methyl sites for hydroxylation is 1. The number of nitrogens with zero attached hydrogens (tertiary/aromatic N) is 1. The van der Waals surface area contributed by atoms with Crippen molar-refractivity contribution in [2.24, 2.45) is 0 Å². The summed E-state index contributed by atoms with van der Waals surface area (Å²) in [6, 6.07) is 6.21. The molecule has 4 N–H and O–H groups in total. The minimum absolute atomic E-state index is 0.0579. The molecule has 0 saturated carbocycles. The third-order valence-electron chi connectivity index (χ3n) is 4.24. The van der Waals surface area contributed by atoms with Gasteiger partial charge in [-0.15, -0.1) is 0 Å². The number of rotatable bonds is 3. The molecule has 3 aromatic rings. The van der Waals surface area contributed by atoms with Crippen molar-refractivity contribution in [3.63, 3.8) is 0 Å². The molecule has 0 fully saturated rings. The first kappa shape index (κ1) is 16.1. The number of halogens is 2. The van der Waals surface area contributed by atoms with Crippen molar-refractivity contribution in [1.29, 1.82) is 0 Å². The van der Waals surface area contributed by atoms with E-state index in [-0.39, 0.29) is 17.1 Å². The molecule has 10 heteroatoms. The Morgan fingerprint density at radius 3 is 2.69 bits per heavy atom. The van der Waals surface area contributed by atoms with Crippen molar-refractivity contribution < 1.29 is 13.5 Å². The fraction of sp³-hybridized carbons (Fsp3) is 0.188. The minimum Gasteiger partial charge on any atom is -0.435 e. The molecule has 1 aliphatic rings. The topological polar surface area (TPSA) is 116 Å². The molecule has 0 amide bonds. The second kappa shape index (κ2) is 5.83. The van der Waals surface area contributed by atoms with Gasteiger partial charge in [-0.25, -0.2) is 4.79 Å². The third-order valence-corrected chi connectivity index (χ3v) is 4.24. The monoisotopic (exact) mass is 361 g/mol. The summed E-state index contributed by atoms with van der Waals surface area (Å²) < 4.78 is 30.3. The Morgan fingerprint density at radius 1 is 1.15 bits per heavy atom. The van der Waals surface area contributed by atoms with Crippen molar-refractivity contribution in [3.8, 4) is 5.75 Å². The predicted octanol–water partition coefficient (Wildman–Crippen LogP) is 1.93. The molecule has 1 aliphatic heterocycles. The van der Waals surface area contributed by atoms with Crippen molar-refractivity contribution >= 4 is 11.6 Å². The largest absolute Gasteiger partial charge is 0.435 e. The van der Waals surface area contributed by atoms with Crippen LogP contribution in [0.2, 0.25) is 0 Å². The maximum Gasteiger partial charge on any atom is 0.387 e. The first-order valence-electron chi connectivity index (χ1n) is 7.68. The van der Waals surface area contributed by atoms with E-state index in [1.165, 1.54) is 6.07 Å². The van der Waals surface area contributed by atoms with Crippen LogP contribution >= 0.6 is 0 Å². The summed E-state index contributed by atoms with van der Waals surface area (Å²) in [4.78, 5) is 28.8. The molecular formula is C16H13F2N5O3. The van der Waals surface area contributed by atoms with Crippen LogP contribution in [0.3, 0.4) is 0 Å². The molecule has 3 heterocycles. The van der Waals surface area contributed by atoms with Gasteiger partial charge in [0.05, 0.1) is 11.5 Å². The maximum absolute atomic E-state index is 12.8. The molecule has 1 aromatic carbocycles. The summed E-state index contributed by atoms with van der Waals surface area (Å²) in [5.41, 5.74) is 0.499. The van der Waals surface area contributed by atoms with E-state index < -0.39 is 23.8 Å². The van der Waals surface area contributed by atoms with Crippen LogP contribution in [0, 0.1) is 6.92 Å². The summed E-state index contributed by atoms with van der Waals surface area (Å²) in [5.74, 6) is -0.254. The number of fused-ring (bicyclic) bond motifs is 2. The number of para-hydroxylation sites is 1. The third kappa shape index (κ3) is 2.46. The minimum atomic E-state index is -3.02. The molecule has 0 bridgehead atoms. The Balaban J connectivity index is 2.02. The van der Waals surface area contributed by atoms with E-state index in [9.17, 15) is 18.4 Å². The van der Waals surface area contributed by atoms with E-state index in [0.29, 0.717) is 22.6 Å². The molecular weight excluding hydrogens is 348 g/mol. The summed E-state index contributed by atoms with van der Waals surface area (Å²) in [6.45, 7) is -1.27. The smallest absolute Gasteiger partial charge is 0.387 e. The van der Waals surface area contributed by atoms with Gasteiger partial charge < -0.3 is 10.1 Å². The first-order chi connectivity index (χ1) is 12.5. The van der Waals surface area contributed by atoms with Gasteiger partial charge in [-0.2, -0.15) is 13.9 Å². The highest BCUT2D eigenvalue weighted by atomic mass is 19.3. The van der Waals surface area contributed by atoms with Gasteiger partial charge in [0, 0.05) is 16.8 Å². The lowest BCUT2D eigenvalue weighted by Gasteiger charge is -2.26. The van der Waals surface area contributed by atoms with Gasteiger partial charge >= 0.3 is 12.3 Å². The second-order valence-electron chi connectivity index (χ2n) is 5.78. The lowest BCUT2D eigenvalue weighted by atomic mass is 9.83. The van der Waals surface area contributed by atoms with E-state index in [4.69, 9.17) is 0 Å². The zero-order valence-electron chi connectivity index (χ0n) is 13.4. The molecule has 26 heavy (non-hydrogen) atoms. The van der Waals surface area contributed by atoms with Gasteiger partial charge in [-0.05, 0) is 13.0 Å². The van der Waals surface area contributed by atoms with Crippen LogP contribution in [0.4, 0.5) is 20.4 Å². The standard InChI is InChI=1S/C16H13F2N5O3/c1-6-9-10(7-4-2-3-5-8(7)26-15(17)18)11-12(19-13(9)23-22-6)20-16(25)21-14(11)24/h2-5,10,15H,1H3,(H4,19,20,21,22,23,24,25)/t10-/m1/s1. The molecule has 8 nitrogen and oxygen atoms in total. The molecule has 0 aliphatic carbocycles. The van der Waals surface area contributed by atoms with Gasteiger partial charge in [0.15, 0.2) is 5.82 Å². The van der Waals surface area contributed by atoms with Crippen LogP contribution < -0.4 is 21.3 Å². The number of aromatic nitrogens is 4. The van der Waals surface area contributed by atoms with Crippen LogP contribution in [0.25, 0.3) is 0 Å². The van der Waals surface area contributed by atoms with E-state index in [1.54, 1.807) is 25.1 Å². The van der Waals surface area contributed by atoms with Crippen LogP contribution in [-0.4, -0.2) is 26.8 Å². The number of hydrogen-bond acceptors (Lipinski definition) is 5. The van der Waals surface area contributed by atoms with Gasteiger partial charge in [0.1, 0.15) is 11.6 Å². The van der Waals surface area contributed by atoms with Crippen molar-refractivity contribution in [2.75, 3.05) is 5.32 Å². The second-order valence-corrected chi connectivity index (χ2v) is 5.78. The quantitative estimate of drug-likeness (QED) is 0.445. The molecule has 4 rings (SSSR count). The van der Waals surface area contributed by atoms with Crippen LogP contribution in [-0.2, 0) is 0 Å². The molecule has 134 valence electrons. The number of hydrogen-bond donors (Lipinski definition) is 4. The van der Waals surface area contributed by atoms with Crippen LogP contribution in [0.15, 0.2) is 33.9 Å². The van der Waals surface area contributed by atoms with E-state index in [0.717, 1.165) is 0 Å². The molecule has 0 unspecified atom stereocenters. The average Bonchev–Trinajstić information content (AvgIpc) is 2.94. The van der Waals surface area contributed by atoms with E-state index in [2.05, 4.69) is 30.2 Å². The fourth-order valence-electron chi connectivity index (χ4n) is 3.25. The number of aromatic amines is 3. The Morgan fingerprint density at radius 2 is 1.92 bits per heavy atom. The Bertz CT molecular complexity index is 1100. The Labute approximate surface area is 144 Å². The molecule has 1 atom stereocenters. The molecule has 2 aromatic heterocycles. The number of alkyl halides is 2. The zero-order valence-corrected chi connectivity index (χ0v) is 13.4. The lowest BCUT2D eigenvalue weighted by molar-refractivity contribution is -0.0504. The highest BCUT2D eigenvalue weighted by Crippen LogP contribution is 2.45. The normalized spacial score (nSPS) is 15.3. The molecule has 0 saturated heterocycles. The van der Waals surface area contributed by atoms with Gasteiger partial charge in [0.25, 0.3) is 5.56 Å². The van der Waals surface area contributed by atoms with Gasteiger partial charge in [-0.1, -0.05) is 18.2 Å². The van der Waals surface area contributed by atoms with E-state index >= 15 is 0 Å². The summed E-state index contributed by atoms with van der Waals surface area (Å²) in [6.07, 6.45) is 0. The van der Waals surface area contributed by atoms with Crippen molar-refractivity contribution in [1.82, 2.24) is 20.2 Å². The number of H-pyrrole nitrogens is 3. The lowest BCUT2D eigenvalue weighted by Crippen LogP contribution is -2.32.